The van der Waals surface area contributed by atoms with Crippen LogP contribution in [0.25, 0.3) is 0 Å². The minimum Gasteiger partial charge on any atom is -0.326 e. The van der Waals surface area contributed by atoms with Gasteiger partial charge in [-0.15, -0.1) is 10.1 Å². The number of hydrogen-bond acceptors (Lipinski definition) is 4. The highest BCUT2D eigenvalue weighted by Gasteiger charge is 2.03. The zero-order valence-electron chi connectivity index (χ0n) is 6.66. The lowest BCUT2D eigenvalue weighted by Crippen LogP contribution is -2.27. The van der Waals surface area contributed by atoms with E-state index in [1.165, 1.54) is 0 Å². The molecule has 0 bridgehead atoms. The quantitative estimate of drug-likeness (QED) is 0.461. The van der Waals surface area contributed by atoms with Crippen LogP contribution in [0.2, 0.25) is 0 Å². The zero-order chi connectivity index (χ0) is 8.69. The lowest BCUT2D eigenvalue weighted by molar-refractivity contribution is -0.758. The van der Waals surface area contributed by atoms with Gasteiger partial charge in [0.05, 0.1) is 0 Å². The minimum absolute atomic E-state index is 0.00694. The van der Waals surface area contributed by atoms with Crippen molar-refractivity contribution in [2.45, 2.75) is 32.2 Å². The van der Waals surface area contributed by atoms with Crippen molar-refractivity contribution in [2.75, 3.05) is 6.61 Å². The van der Waals surface area contributed by atoms with Gasteiger partial charge in [0.1, 0.15) is 6.61 Å². The smallest absolute Gasteiger partial charge is 0.294 e. The van der Waals surface area contributed by atoms with Gasteiger partial charge in [-0.3, -0.25) is 0 Å². The second-order valence-corrected chi connectivity index (χ2v) is 2.42. The van der Waals surface area contributed by atoms with E-state index in [-0.39, 0.29) is 12.6 Å². The third-order valence-electron chi connectivity index (χ3n) is 1.32. The van der Waals surface area contributed by atoms with E-state index < -0.39 is 5.09 Å². The van der Waals surface area contributed by atoms with Crippen LogP contribution in [0.5, 0.6) is 0 Å². The lowest BCUT2D eigenvalue weighted by atomic mass is 10.1. The molecule has 2 N–H and O–H groups in total. The molecule has 11 heavy (non-hydrogen) atoms. The predicted molar refractivity (Wildman–Crippen MR) is 40.4 cm³/mol. The maximum absolute atomic E-state index is 9.71. The van der Waals surface area contributed by atoms with Crippen molar-refractivity contribution < 1.29 is 9.92 Å². The van der Waals surface area contributed by atoms with Crippen molar-refractivity contribution in [3.05, 3.63) is 10.1 Å². The van der Waals surface area contributed by atoms with Crippen molar-refractivity contribution in [3.8, 4) is 0 Å². The summed E-state index contributed by atoms with van der Waals surface area (Å²) in [6, 6.07) is -0.208. The van der Waals surface area contributed by atoms with E-state index in [1.54, 1.807) is 0 Å². The van der Waals surface area contributed by atoms with Gasteiger partial charge in [0.15, 0.2) is 0 Å². The first-order valence-corrected chi connectivity index (χ1v) is 3.69. The molecule has 0 fully saturated rings. The Morgan fingerprint density at radius 1 is 1.73 bits per heavy atom. The van der Waals surface area contributed by atoms with Gasteiger partial charge in [0, 0.05) is 6.04 Å². The summed E-state index contributed by atoms with van der Waals surface area (Å²) in [6.45, 7) is 2.05. The fourth-order valence-electron chi connectivity index (χ4n) is 0.706. The maximum Gasteiger partial charge on any atom is 0.294 e. The molecule has 0 saturated heterocycles. The molecule has 0 aliphatic rings. The van der Waals surface area contributed by atoms with Crippen molar-refractivity contribution in [1.29, 1.82) is 0 Å². The molecular formula is C6H14N2O3. The zero-order valence-corrected chi connectivity index (χ0v) is 6.66. The van der Waals surface area contributed by atoms with E-state index in [9.17, 15) is 10.1 Å². The third kappa shape index (κ3) is 7.05. The third-order valence-corrected chi connectivity index (χ3v) is 1.32. The average molecular weight is 162 g/mol. The molecule has 0 aromatic heterocycles. The standard InChI is InChI=1S/C6H14N2O3/c1-2-3-4-6(7)5-11-8(9)10/h6H,2-5,7H2,1H3/t6-/m0/s1. The van der Waals surface area contributed by atoms with Crippen molar-refractivity contribution >= 4 is 0 Å². The van der Waals surface area contributed by atoms with Gasteiger partial charge in [-0.25, -0.2) is 0 Å². The SMILES string of the molecule is CCCC[C@H](N)CO[N+](=O)[O-]. The van der Waals surface area contributed by atoms with E-state index in [2.05, 4.69) is 4.84 Å². The number of hydrogen-bond donors (Lipinski definition) is 1. The maximum atomic E-state index is 9.71. The summed E-state index contributed by atoms with van der Waals surface area (Å²) < 4.78 is 0. The molecule has 0 heterocycles. The van der Waals surface area contributed by atoms with Crippen LogP contribution in [0, 0.1) is 10.1 Å². The van der Waals surface area contributed by atoms with Crippen molar-refractivity contribution in [3.63, 3.8) is 0 Å². The fraction of sp³-hybridized carbons (Fsp3) is 1.00. The number of nitrogens with two attached hydrogens (primary N) is 1. The van der Waals surface area contributed by atoms with E-state index in [1.807, 2.05) is 6.92 Å². The van der Waals surface area contributed by atoms with Crippen LogP contribution in [-0.4, -0.2) is 17.7 Å². The molecule has 0 radical (unpaired) electrons. The van der Waals surface area contributed by atoms with E-state index in [0.29, 0.717) is 0 Å². The Balaban J connectivity index is 3.22. The van der Waals surface area contributed by atoms with Gasteiger partial charge in [-0.2, -0.15) is 0 Å². The Kier molecular flexibility index (Phi) is 5.46. The molecule has 0 spiro atoms. The van der Waals surface area contributed by atoms with Gasteiger partial charge in [0.2, 0.25) is 0 Å². The summed E-state index contributed by atoms with van der Waals surface area (Å²) in [4.78, 5) is 13.8. The Bertz CT molecular complexity index is 118. The van der Waals surface area contributed by atoms with Crippen LogP contribution in [-0.2, 0) is 4.84 Å². The van der Waals surface area contributed by atoms with E-state index in [0.717, 1.165) is 19.3 Å². The molecule has 0 aliphatic carbocycles. The van der Waals surface area contributed by atoms with Gasteiger partial charge in [-0.1, -0.05) is 19.8 Å². The number of unbranched alkanes of at least 4 members (excludes halogenated alkanes) is 1. The Morgan fingerprint density at radius 3 is 2.82 bits per heavy atom. The minimum atomic E-state index is -0.814. The summed E-state index contributed by atoms with van der Waals surface area (Å²) in [7, 11) is 0. The average Bonchev–Trinajstić information content (AvgIpc) is 1.97. The predicted octanol–water partition coefficient (Wildman–Crippen LogP) is 0.712. The van der Waals surface area contributed by atoms with Crippen LogP contribution in [0.4, 0.5) is 0 Å². The topological polar surface area (TPSA) is 78.4 Å². The van der Waals surface area contributed by atoms with Crippen LogP contribution in [0.15, 0.2) is 0 Å². The van der Waals surface area contributed by atoms with Gasteiger partial charge in [-0.05, 0) is 6.42 Å². The summed E-state index contributed by atoms with van der Waals surface area (Å²) in [5.41, 5.74) is 5.48. The summed E-state index contributed by atoms with van der Waals surface area (Å²) >= 11 is 0. The first-order valence-electron chi connectivity index (χ1n) is 3.69. The summed E-state index contributed by atoms with van der Waals surface area (Å²) in [6.07, 6.45) is 2.82. The second-order valence-electron chi connectivity index (χ2n) is 2.42. The first kappa shape index (κ1) is 10.2. The van der Waals surface area contributed by atoms with Crippen LogP contribution >= 0.6 is 0 Å². The van der Waals surface area contributed by atoms with Gasteiger partial charge < -0.3 is 10.6 Å². The molecular weight excluding hydrogens is 148 g/mol. The molecule has 0 rings (SSSR count). The molecule has 0 unspecified atom stereocenters. The first-order chi connectivity index (χ1) is 5.16. The molecule has 0 amide bonds. The Morgan fingerprint density at radius 2 is 2.36 bits per heavy atom. The lowest BCUT2D eigenvalue weighted by Gasteiger charge is -2.07. The van der Waals surface area contributed by atoms with E-state index in [4.69, 9.17) is 5.73 Å². The number of rotatable bonds is 6. The largest absolute Gasteiger partial charge is 0.326 e. The highest BCUT2D eigenvalue weighted by molar-refractivity contribution is 4.57. The molecule has 0 aromatic rings. The molecule has 5 heteroatoms. The van der Waals surface area contributed by atoms with Crippen molar-refractivity contribution in [1.82, 2.24) is 0 Å². The summed E-state index contributed by atoms with van der Waals surface area (Å²) in [5.74, 6) is 0. The molecule has 0 aliphatic heterocycles. The Labute approximate surface area is 65.6 Å². The number of nitrogens with zero attached hydrogens (tertiary/aromatic N) is 1. The normalized spacial score (nSPS) is 12.5. The van der Waals surface area contributed by atoms with Crippen LogP contribution in [0.3, 0.4) is 0 Å². The fourth-order valence-corrected chi connectivity index (χ4v) is 0.706. The van der Waals surface area contributed by atoms with Crippen molar-refractivity contribution in [2.24, 2.45) is 5.73 Å². The summed E-state index contributed by atoms with van der Waals surface area (Å²) in [5, 5.41) is 8.89. The molecule has 66 valence electrons. The monoisotopic (exact) mass is 162 g/mol. The van der Waals surface area contributed by atoms with Gasteiger partial charge in [0.25, 0.3) is 5.09 Å². The molecule has 1 atom stereocenters. The van der Waals surface area contributed by atoms with E-state index >= 15 is 0 Å². The molecule has 0 aromatic carbocycles. The van der Waals surface area contributed by atoms with Gasteiger partial charge >= 0.3 is 0 Å². The molecule has 5 nitrogen and oxygen atoms in total. The highest BCUT2D eigenvalue weighted by Crippen LogP contribution is 1.98. The van der Waals surface area contributed by atoms with Crippen LogP contribution < -0.4 is 5.73 Å². The molecule has 0 saturated carbocycles. The Hall–Kier alpha value is -0.840. The highest BCUT2D eigenvalue weighted by atomic mass is 16.9. The second kappa shape index (κ2) is 5.91. The van der Waals surface area contributed by atoms with Crippen LogP contribution in [0.1, 0.15) is 26.2 Å².